The van der Waals surface area contributed by atoms with Crippen molar-refractivity contribution in [1.82, 2.24) is 5.32 Å². The molecule has 8 heteroatoms. The highest BCUT2D eigenvalue weighted by atomic mass is 16.6. The number of carbonyl (C=O) groups excluding carboxylic acids is 1. The van der Waals surface area contributed by atoms with Gasteiger partial charge >= 0.3 is 6.09 Å². The Kier molecular flexibility index (Phi) is 9.41. The summed E-state index contributed by atoms with van der Waals surface area (Å²) in [6, 6.07) is 5.23. The van der Waals surface area contributed by atoms with E-state index in [1.807, 2.05) is 26.8 Å². The number of methoxy groups -OCH3 is 2. The van der Waals surface area contributed by atoms with Crippen LogP contribution in [-0.4, -0.2) is 44.5 Å². The largest absolute Gasteiger partial charge is 0.493 e. The van der Waals surface area contributed by atoms with E-state index in [4.69, 9.17) is 19.9 Å². The van der Waals surface area contributed by atoms with Gasteiger partial charge in [0.05, 0.1) is 20.3 Å². The number of rotatable bonds is 9. The molecule has 8 nitrogen and oxygen atoms in total. The van der Waals surface area contributed by atoms with Crippen LogP contribution < -0.4 is 25.8 Å². The maximum Gasteiger partial charge on any atom is 0.407 e. The summed E-state index contributed by atoms with van der Waals surface area (Å²) >= 11 is 0. The van der Waals surface area contributed by atoms with E-state index >= 15 is 0 Å². The van der Waals surface area contributed by atoms with Gasteiger partial charge < -0.3 is 30.6 Å². The molecule has 0 aliphatic rings. The van der Waals surface area contributed by atoms with Crippen molar-refractivity contribution in [1.29, 1.82) is 0 Å². The van der Waals surface area contributed by atoms with E-state index in [2.05, 4.69) is 22.5 Å². The van der Waals surface area contributed by atoms with Crippen LogP contribution in [0.2, 0.25) is 0 Å². The molecule has 1 atom stereocenters. The summed E-state index contributed by atoms with van der Waals surface area (Å²) in [5.74, 6) is 1.49. The molecule has 158 valence electrons. The molecule has 1 unspecified atom stereocenters. The van der Waals surface area contributed by atoms with E-state index in [0.29, 0.717) is 18.0 Å². The summed E-state index contributed by atoms with van der Waals surface area (Å²) in [4.78, 5) is 16.4. The standard InChI is InChI=1S/C20H34N4O4/c1-7-8-9-15(13-22-19(25)28-20(2,3)4)24-18(21)23-14-10-11-16(26-5)17(12-14)27-6/h10-12,15H,7-9,13H2,1-6H3,(H,22,25)(H3,21,23,24). The summed E-state index contributed by atoms with van der Waals surface area (Å²) in [6.45, 7) is 7.93. The van der Waals surface area contributed by atoms with E-state index in [1.54, 1.807) is 26.4 Å². The molecule has 0 radical (unpaired) electrons. The minimum absolute atomic E-state index is 0.153. The number of nitrogens with one attached hydrogen (secondary N) is 2. The Balaban J connectivity index is 2.77. The van der Waals surface area contributed by atoms with Crippen molar-refractivity contribution in [3.8, 4) is 11.5 Å². The fourth-order valence-electron chi connectivity index (χ4n) is 2.46. The highest BCUT2D eigenvalue weighted by Gasteiger charge is 2.17. The van der Waals surface area contributed by atoms with Gasteiger partial charge in [0.15, 0.2) is 17.5 Å². The quantitative estimate of drug-likeness (QED) is 0.437. The summed E-state index contributed by atoms with van der Waals surface area (Å²) in [6.07, 6.45) is 2.35. The lowest BCUT2D eigenvalue weighted by Gasteiger charge is -2.21. The first kappa shape index (κ1) is 23.4. The van der Waals surface area contributed by atoms with Crippen LogP contribution >= 0.6 is 0 Å². The molecule has 0 aliphatic heterocycles. The molecule has 0 bridgehead atoms. The number of anilines is 1. The van der Waals surface area contributed by atoms with E-state index in [-0.39, 0.29) is 12.0 Å². The van der Waals surface area contributed by atoms with Gasteiger partial charge in [-0.05, 0) is 39.3 Å². The maximum absolute atomic E-state index is 11.9. The molecule has 1 aromatic rings. The van der Waals surface area contributed by atoms with Gasteiger partial charge in [0.1, 0.15) is 5.60 Å². The van der Waals surface area contributed by atoms with Gasteiger partial charge in [-0.2, -0.15) is 0 Å². The zero-order chi connectivity index (χ0) is 21.2. The monoisotopic (exact) mass is 394 g/mol. The molecular weight excluding hydrogens is 360 g/mol. The van der Waals surface area contributed by atoms with Gasteiger partial charge in [0.25, 0.3) is 0 Å². The number of nitrogens with zero attached hydrogens (tertiary/aromatic N) is 1. The van der Waals surface area contributed by atoms with E-state index < -0.39 is 11.7 Å². The molecule has 1 aromatic carbocycles. The molecular formula is C20H34N4O4. The lowest BCUT2D eigenvalue weighted by Crippen LogP contribution is -2.37. The van der Waals surface area contributed by atoms with Crippen LogP contribution in [0.15, 0.2) is 23.2 Å². The summed E-state index contributed by atoms with van der Waals surface area (Å²) in [7, 11) is 3.15. The minimum atomic E-state index is -0.541. The van der Waals surface area contributed by atoms with Gasteiger partial charge in [-0.1, -0.05) is 19.8 Å². The second-order valence-electron chi connectivity index (χ2n) is 7.39. The molecule has 0 aromatic heterocycles. The normalized spacial score (nSPS) is 12.9. The van der Waals surface area contributed by atoms with Crippen LogP contribution in [-0.2, 0) is 4.74 Å². The smallest absolute Gasteiger partial charge is 0.407 e. The lowest BCUT2D eigenvalue weighted by molar-refractivity contribution is 0.0524. The molecule has 1 rings (SSSR count). The highest BCUT2D eigenvalue weighted by Crippen LogP contribution is 2.29. The summed E-state index contributed by atoms with van der Waals surface area (Å²) in [5.41, 5.74) is 6.26. The van der Waals surface area contributed by atoms with Crippen LogP contribution in [0.3, 0.4) is 0 Å². The number of amides is 1. The van der Waals surface area contributed by atoms with Crippen molar-refractivity contribution in [2.75, 3.05) is 26.1 Å². The van der Waals surface area contributed by atoms with Crippen molar-refractivity contribution < 1.29 is 19.0 Å². The maximum atomic E-state index is 11.9. The van der Waals surface area contributed by atoms with Crippen LogP contribution in [0.1, 0.15) is 47.0 Å². The number of hydrogen-bond donors (Lipinski definition) is 3. The van der Waals surface area contributed by atoms with Gasteiger partial charge in [-0.3, -0.25) is 0 Å². The fraction of sp³-hybridized carbons (Fsp3) is 0.600. The van der Waals surface area contributed by atoms with Crippen molar-refractivity contribution in [3.05, 3.63) is 18.2 Å². The minimum Gasteiger partial charge on any atom is -0.493 e. The number of guanidine groups is 1. The number of ether oxygens (including phenoxy) is 3. The van der Waals surface area contributed by atoms with Crippen LogP contribution in [0, 0.1) is 0 Å². The van der Waals surface area contributed by atoms with Crippen molar-refractivity contribution in [2.45, 2.75) is 58.6 Å². The Morgan fingerprint density at radius 3 is 2.46 bits per heavy atom. The molecule has 0 aliphatic carbocycles. The van der Waals surface area contributed by atoms with E-state index in [9.17, 15) is 4.79 Å². The van der Waals surface area contributed by atoms with Crippen LogP contribution in [0.5, 0.6) is 11.5 Å². The first-order chi connectivity index (χ1) is 13.2. The van der Waals surface area contributed by atoms with Crippen LogP contribution in [0.4, 0.5) is 10.5 Å². The second-order valence-corrected chi connectivity index (χ2v) is 7.39. The number of carbonyl (C=O) groups is 1. The van der Waals surface area contributed by atoms with Gasteiger partial charge in [-0.15, -0.1) is 0 Å². The zero-order valence-corrected chi connectivity index (χ0v) is 17.8. The molecule has 0 spiro atoms. The molecule has 1 amide bonds. The summed E-state index contributed by atoms with van der Waals surface area (Å²) in [5, 5.41) is 5.81. The Hall–Kier alpha value is -2.64. The van der Waals surface area contributed by atoms with Crippen LogP contribution in [0.25, 0.3) is 0 Å². The molecule has 28 heavy (non-hydrogen) atoms. The number of hydrogen-bond acceptors (Lipinski definition) is 5. The molecule has 0 heterocycles. The van der Waals surface area contributed by atoms with Crippen molar-refractivity contribution in [2.24, 2.45) is 10.7 Å². The SMILES string of the molecule is CCCCC(CNC(=O)OC(C)(C)C)N=C(N)Nc1ccc(OC)c(OC)c1. The zero-order valence-electron chi connectivity index (χ0n) is 17.8. The number of benzene rings is 1. The molecule has 0 fully saturated rings. The molecule has 4 N–H and O–H groups in total. The van der Waals surface area contributed by atoms with Gasteiger partial charge in [-0.25, -0.2) is 9.79 Å². The third-order valence-electron chi connectivity index (χ3n) is 3.75. The van der Waals surface area contributed by atoms with Gasteiger partial charge in [0, 0.05) is 18.3 Å². The third-order valence-corrected chi connectivity index (χ3v) is 3.75. The molecule has 0 saturated heterocycles. The first-order valence-electron chi connectivity index (χ1n) is 9.47. The second kappa shape index (κ2) is 11.3. The Labute approximate surface area is 167 Å². The lowest BCUT2D eigenvalue weighted by atomic mass is 10.1. The Morgan fingerprint density at radius 1 is 1.21 bits per heavy atom. The number of nitrogens with two attached hydrogens (primary N) is 1. The topological polar surface area (TPSA) is 107 Å². The van der Waals surface area contributed by atoms with Crippen molar-refractivity contribution >= 4 is 17.7 Å². The summed E-state index contributed by atoms with van der Waals surface area (Å²) < 4.78 is 15.8. The average Bonchev–Trinajstić information content (AvgIpc) is 2.62. The highest BCUT2D eigenvalue weighted by molar-refractivity contribution is 5.92. The Morgan fingerprint density at radius 2 is 1.89 bits per heavy atom. The first-order valence-corrected chi connectivity index (χ1v) is 9.47. The van der Waals surface area contributed by atoms with E-state index in [1.165, 1.54) is 0 Å². The van der Waals surface area contributed by atoms with E-state index in [0.717, 1.165) is 24.9 Å². The third kappa shape index (κ3) is 8.83. The predicted molar refractivity (Wildman–Crippen MR) is 112 cm³/mol. The Bertz CT molecular complexity index is 656. The van der Waals surface area contributed by atoms with Crippen molar-refractivity contribution in [3.63, 3.8) is 0 Å². The average molecular weight is 395 g/mol. The number of aliphatic imine (C=N–C) groups is 1. The number of unbranched alkanes of at least 4 members (excludes halogenated alkanes) is 1. The molecule has 0 saturated carbocycles. The van der Waals surface area contributed by atoms with Gasteiger partial charge in [0.2, 0.25) is 0 Å². The number of alkyl carbamates (subject to hydrolysis) is 1. The fourth-order valence-corrected chi connectivity index (χ4v) is 2.46. The predicted octanol–water partition coefficient (Wildman–Crippen LogP) is 3.51.